The molecule has 1 aromatic carbocycles. The van der Waals surface area contributed by atoms with Gasteiger partial charge in [-0.3, -0.25) is 4.79 Å². The van der Waals surface area contributed by atoms with Gasteiger partial charge < -0.3 is 0 Å². The Balaban J connectivity index is 1.75. The van der Waals surface area contributed by atoms with Crippen molar-refractivity contribution in [1.82, 2.24) is 15.4 Å². The summed E-state index contributed by atoms with van der Waals surface area (Å²) in [6.45, 7) is 0. The molecular formula is C12H11N3O. The minimum Gasteiger partial charge on any atom is -0.292 e. The van der Waals surface area contributed by atoms with Gasteiger partial charge >= 0.3 is 0 Å². The predicted molar refractivity (Wildman–Crippen MR) is 58.0 cm³/mol. The summed E-state index contributed by atoms with van der Waals surface area (Å²) in [4.78, 5) is 11.9. The molecule has 0 saturated heterocycles. The quantitative estimate of drug-likeness (QED) is 0.791. The Bertz CT molecular complexity index is 492. The summed E-state index contributed by atoms with van der Waals surface area (Å²) in [5.41, 5.74) is 1.69. The molecule has 1 fully saturated rings. The summed E-state index contributed by atoms with van der Waals surface area (Å²) in [7, 11) is 0. The molecule has 4 nitrogen and oxygen atoms in total. The fourth-order valence-corrected chi connectivity index (χ4v) is 2.06. The predicted octanol–water partition coefficient (Wildman–Crippen LogP) is 1.79. The first-order valence-corrected chi connectivity index (χ1v) is 5.31. The zero-order valence-corrected chi connectivity index (χ0v) is 8.63. The molecule has 3 rings (SSSR count). The average Bonchev–Trinajstić information content (AvgIpc) is 2.95. The molecule has 1 N–H and O–H groups in total. The number of nitrogens with one attached hydrogen (secondary N) is 1. The topological polar surface area (TPSA) is 58.6 Å². The molecule has 0 spiro atoms. The second-order valence-electron chi connectivity index (χ2n) is 4.08. The molecule has 1 aliphatic carbocycles. The van der Waals surface area contributed by atoms with Gasteiger partial charge in [0.15, 0.2) is 5.78 Å². The van der Waals surface area contributed by atoms with Crippen molar-refractivity contribution in [3.63, 3.8) is 0 Å². The number of carbonyl (C=O) groups excluding carboxylic acids is 1. The van der Waals surface area contributed by atoms with E-state index in [4.69, 9.17) is 0 Å². The maximum absolute atomic E-state index is 11.9. The molecule has 16 heavy (non-hydrogen) atoms. The maximum Gasteiger partial charge on any atom is 0.188 e. The fourth-order valence-electron chi connectivity index (χ4n) is 2.06. The van der Waals surface area contributed by atoms with Crippen LogP contribution in [0.4, 0.5) is 0 Å². The number of Topliss-reactive ketones (excluding diaryl/α,β-unsaturated/α-hetero) is 1. The zero-order chi connectivity index (χ0) is 11.0. The second-order valence-corrected chi connectivity index (χ2v) is 4.08. The first-order valence-electron chi connectivity index (χ1n) is 5.31. The molecule has 4 heteroatoms. The van der Waals surface area contributed by atoms with Crippen molar-refractivity contribution in [3.05, 3.63) is 47.8 Å². The highest BCUT2D eigenvalue weighted by atomic mass is 16.1. The molecule has 1 heterocycles. The van der Waals surface area contributed by atoms with Gasteiger partial charge in [-0.2, -0.15) is 15.4 Å². The Hall–Kier alpha value is -1.97. The molecule has 80 valence electrons. The van der Waals surface area contributed by atoms with Crippen molar-refractivity contribution in [2.24, 2.45) is 5.92 Å². The zero-order valence-electron chi connectivity index (χ0n) is 8.63. The largest absolute Gasteiger partial charge is 0.292 e. The lowest BCUT2D eigenvalue weighted by atomic mass is 10.1. The van der Waals surface area contributed by atoms with E-state index in [2.05, 4.69) is 27.5 Å². The van der Waals surface area contributed by atoms with E-state index in [-0.39, 0.29) is 11.7 Å². The minimum absolute atomic E-state index is 0.0903. The van der Waals surface area contributed by atoms with Crippen molar-refractivity contribution in [2.45, 2.75) is 12.3 Å². The summed E-state index contributed by atoms with van der Waals surface area (Å²) < 4.78 is 0. The Labute approximate surface area is 92.7 Å². The van der Waals surface area contributed by atoms with E-state index in [0.29, 0.717) is 11.6 Å². The van der Waals surface area contributed by atoms with E-state index in [1.54, 1.807) is 0 Å². The van der Waals surface area contributed by atoms with Gasteiger partial charge in [0.2, 0.25) is 0 Å². The number of benzene rings is 1. The third-order valence-electron chi connectivity index (χ3n) is 3.02. The molecule has 2 unspecified atom stereocenters. The second kappa shape index (κ2) is 3.56. The summed E-state index contributed by atoms with van der Waals surface area (Å²) in [5.74, 6) is 0.556. The standard InChI is InChI=1S/C12H11N3O/c16-12(11-7-13-15-14-11)10-6-9(10)8-4-2-1-3-5-8/h1-5,7,9-10H,6H2,(H,13,14,15). The fraction of sp³-hybridized carbons (Fsp3) is 0.250. The number of hydrogen-bond donors (Lipinski definition) is 1. The smallest absolute Gasteiger partial charge is 0.188 e. The number of hydrogen-bond acceptors (Lipinski definition) is 3. The van der Waals surface area contributed by atoms with Gasteiger partial charge in [-0.15, -0.1) is 0 Å². The van der Waals surface area contributed by atoms with Crippen LogP contribution in [0.5, 0.6) is 0 Å². The third-order valence-corrected chi connectivity index (χ3v) is 3.02. The van der Waals surface area contributed by atoms with Crippen LogP contribution in [0.1, 0.15) is 28.4 Å². The molecule has 0 aliphatic heterocycles. The lowest BCUT2D eigenvalue weighted by Crippen LogP contribution is -2.03. The van der Waals surface area contributed by atoms with E-state index < -0.39 is 0 Å². The maximum atomic E-state index is 11.9. The number of nitrogens with zero attached hydrogens (tertiary/aromatic N) is 2. The number of aromatic nitrogens is 3. The van der Waals surface area contributed by atoms with Crippen LogP contribution >= 0.6 is 0 Å². The average molecular weight is 213 g/mol. The van der Waals surface area contributed by atoms with Crippen LogP contribution in [0.15, 0.2) is 36.5 Å². The van der Waals surface area contributed by atoms with E-state index in [0.717, 1.165) is 6.42 Å². The summed E-state index contributed by atoms with van der Waals surface area (Å²) >= 11 is 0. The van der Waals surface area contributed by atoms with Gasteiger partial charge in [-0.1, -0.05) is 30.3 Å². The van der Waals surface area contributed by atoms with Crippen LogP contribution in [0.2, 0.25) is 0 Å². The lowest BCUT2D eigenvalue weighted by molar-refractivity contribution is 0.0960. The highest BCUT2D eigenvalue weighted by molar-refractivity contribution is 5.98. The molecule has 0 amide bonds. The molecule has 2 atom stereocenters. The summed E-state index contributed by atoms with van der Waals surface area (Å²) in [6, 6.07) is 10.1. The first kappa shape index (κ1) is 9.27. The van der Waals surface area contributed by atoms with E-state index in [1.165, 1.54) is 11.8 Å². The van der Waals surface area contributed by atoms with Crippen molar-refractivity contribution in [3.8, 4) is 0 Å². The van der Waals surface area contributed by atoms with Crippen molar-refractivity contribution >= 4 is 5.78 Å². The van der Waals surface area contributed by atoms with Crippen LogP contribution < -0.4 is 0 Å². The van der Waals surface area contributed by atoms with Crippen LogP contribution in [0.3, 0.4) is 0 Å². The molecule has 2 aromatic rings. The van der Waals surface area contributed by atoms with Gasteiger partial charge in [0.1, 0.15) is 5.69 Å². The van der Waals surface area contributed by atoms with E-state index in [9.17, 15) is 4.79 Å². The summed E-state index contributed by atoms with van der Waals surface area (Å²) in [6.07, 6.45) is 2.42. The van der Waals surface area contributed by atoms with Crippen LogP contribution in [-0.4, -0.2) is 21.2 Å². The van der Waals surface area contributed by atoms with Crippen LogP contribution in [-0.2, 0) is 0 Å². The van der Waals surface area contributed by atoms with Gasteiger partial charge in [0, 0.05) is 5.92 Å². The highest BCUT2D eigenvalue weighted by Gasteiger charge is 2.44. The van der Waals surface area contributed by atoms with Crippen molar-refractivity contribution < 1.29 is 4.79 Å². The van der Waals surface area contributed by atoms with Crippen LogP contribution in [0, 0.1) is 5.92 Å². The Morgan fingerprint density at radius 3 is 2.81 bits per heavy atom. The Morgan fingerprint density at radius 2 is 2.12 bits per heavy atom. The number of aromatic amines is 1. The molecule has 1 aromatic heterocycles. The van der Waals surface area contributed by atoms with Crippen LogP contribution in [0.25, 0.3) is 0 Å². The Kier molecular flexibility index (Phi) is 2.06. The number of carbonyl (C=O) groups is 1. The number of H-pyrrole nitrogens is 1. The van der Waals surface area contributed by atoms with Crippen molar-refractivity contribution in [1.29, 1.82) is 0 Å². The first-order chi connectivity index (χ1) is 7.86. The normalized spacial score (nSPS) is 23.0. The van der Waals surface area contributed by atoms with Crippen molar-refractivity contribution in [2.75, 3.05) is 0 Å². The van der Waals surface area contributed by atoms with E-state index in [1.807, 2.05) is 18.2 Å². The molecular weight excluding hydrogens is 202 g/mol. The third kappa shape index (κ3) is 1.52. The molecule has 0 radical (unpaired) electrons. The molecule has 1 saturated carbocycles. The Morgan fingerprint density at radius 1 is 1.31 bits per heavy atom. The minimum atomic E-state index is 0.0903. The van der Waals surface area contributed by atoms with Gasteiger partial charge in [0.25, 0.3) is 0 Å². The molecule has 1 aliphatic rings. The number of ketones is 1. The highest BCUT2D eigenvalue weighted by Crippen LogP contribution is 2.48. The summed E-state index contributed by atoms with van der Waals surface area (Å²) in [5, 5.41) is 9.94. The SMILES string of the molecule is O=C(c1cn[nH]n1)C1CC1c1ccccc1. The van der Waals surface area contributed by atoms with Gasteiger partial charge in [-0.05, 0) is 17.9 Å². The monoisotopic (exact) mass is 213 g/mol. The molecule has 0 bridgehead atoms. The van der Waals surface area contributed by atoms with Gasteiger partial charge in [0.05, 0.1) is 6.20 Å². The number of rotatable bonds is 3. The van der Waals surface area contributed by atoms with E-state index >= 15 is 0 Å². The van der Waals surface area contributed by atoms with Gasteiger partial charge in [-0.25, -0.2) is 0 Å². The lowest BCUT2D eigenvalue weighted by Gasteiger charge is -1.97.